The SMILES string of the molecule is CCN(C1CC1)S(=O)(=O)c1c(C)nn(Cc2cc(F)cc3c2OC(c2ccccc2)OC3)c1C. The summed E-state index contributed by atoms with van der Waals surface area (Å²) < 4.78 is 56.4. The van der Waals surface area contributed by atoms with Crippen LogP contribution in [0.15, 0.2) is 47.4 Å². The number of benzene rings is 2. The van der Waals surface area contributed by atoms with Crippen LogP contribution < -0.4 is 4.74 Å². The Balaban J connectivity index is 1.49. The fourth-order valence-corrected chi connectivity index (χ4v) is 6.71. The van der Waals surface area contributed by atoms with Gasteiger partial charge in [0.05, 0.1) is 24.5 Å². The zero-order valence-electron chi connectivity index (χ0n) is 19.5. The highest BCUT2D eigenvalue weighted by Crippen LogP contribution is 2.38. The van der Waals surface area contributed by atoms with Gasteiger partial charge in [-0.3, -0.25) is 4.68 Å². The maximum absolute atomic E-state index is 14.5. The summed E-state index contributed by atoms with van der Waals surface area (Å²) in [5.41, 5.74) is 3.03. The van der Waals surface area contributed by atoms with Crippen LogP contribution in [0.2, 0.25) is 0 Å². The third-order valence-corrected chi connectivity index (χ3v) is 8.64. The zero-order chi connectivity index (χ0) is 24.0. The van der Waals surface area contributed by atoms with Gasteiger partial charge < -0.3 is 9.47 Å². The van der Waals surface area contributed by atoms with Crippen molar-refractivity contribution in [1.29, 1.82) is 0 Å². The van der Waals surface area contributed by atoms with Crippen molar-refractivity contribution < 1.29 is 22.3 Å². The van der Waals surface area contributed by atoms with Crippen molar-refractivity contribution in [3.63, 3.8) is 0 Å². The molecule has 1 aliphatic carbocycles. The van der Waals surface area contributed by atoms with Crippen molar-refractivity contribution in [2.75, 3.05) is 6.54 Å². The molecule has 0 saturated heterocycles. The number of ether oxygens (including phenoxy) is 2. The second-order valence-corrected chi connectivity index (χ2v) is 10.6. The molecule has 2 aromatic carbocycles. The number of aryl methyl sites for hydroxylation is 1. The van der Waals surface area contributed by atoms with Gasteiger partial charge >= 0.3 is 0 Å². The lowest BCUT2D eigenvalue weighted by Gasteiger charge is -2.28. The minimum absolute atomic E-state index is 0.0655. The van der Waals surface area contributed by atoms with E-state index >= 15 is 0 Å². The molecule has 7 nitrogen and oxygen atoms in total. The highest BCUT2D eigenvalue weighted by Gasteiger charge is 2.39. The number of hydrogen-bond donors (Lipinski definition) is 0. The van der Waals surface area contributed by atoms with E-state index in [1.165, 1.54) is 12.1 Å². The minimum atomic E-state index is -3.67. The summed E-state index contributed by atoms with van der Waals surface area (Å²) in [5, 5.41) is 4.53. The van der Waals surface area contributed by atoms with Crippen LogP contribution in [-0.2, 0) is 27.9 Å². The molecule has 1 atom stereocenters. The molecule has 0 radical (unpaired) electrons. The first kappa shape index (κ1) is 23.0. The molecule has 34 heavy (non-hydrogen) atoms. The molecule has 3 aromatic rings. The normalized spacial score (nSPS) is 18.1. The van der Waals surface area contributed by atoms with E-state index in [0.717, 1.165) is 18.4 Å². The smallest absolute Gasteiger partial charge is 0.246 e. The molecule has 1 aliphatic heterocycles. The average molecular weight is 486 g/mol. The number of aromatic nitrogens is 2. The predicted molar refractivity (Wildman–Crippen MR) is 124 cm³/mol. The molecule has 1 aromatic heterocycles. The van der Waals surface area contributed by atoms with Gasteiger partial charge in [0.1, 0.15) is 16.5 Å². The van der Waals surface area contributed by atoms with E-state index in [4.69, 9.17) is 9.47 Å². The van der Waals surface area contributed by atoms with Crippen LogP contribution in [-0.4, -0.2) is 35.1 Å². The molecule has 0 N–H and O–H groups in total. The summed E-state index contributed by atoms with van der Waals surface area (Å²) in [7, 11) is -3.67. The lowest BCUT2D eigenvalue weighted by molar-refractivity contribution is -0.112. The van der Waals surface area contributed by atoms with E-state index in [1.54, 1.807) is 22.8 Å². The Kier molecular flexibility index (Phi) is 5.95. The Morgan fingerprint density at radius 2 is 1.91 bits per heavy atom. The molecule has 2 aliphatic rings. The van der Waals surface area contributed by atoms with Crippen LogP contribution in [0, 0.1) is 19.7 Å². The topological polar surface area (TPSA) is 73.7 Å². The van der Waals surface area contributed by atoms with Crippen molar-refractivity contribution in [3.8, 4) is 5.75 Å². The lowest BCUT2D eigenvalue weighted by atomic mass is 10.1. The molecule has 5 rings (SSSR count). The van der Waals surface area contributed by atoms with E-state index in [9.17, 15) is 12.8 Å². The first-order valence-corrected chi connectivity index (χ1v) is 12.9. The highest BCUT2D eigenvalue weighted by atomic mass is 32.2. The van der Waals surface area contributed by atoms with Crippen LogP contribution in [0.3, 0.4) is 0 Å². The summed E-state index contributed by atoms with van der Waals surface area (Å²) in [4.78, 5) is 0.234. The van der Waals surface area contributed by atoms with Gasteiger partial charge in [-0.2, -0.15) is 9.40 Å². The third kappa shape index (κ3) is 4.12. The van der Waals surface area contributed by atoms with Gasteiger partial charge in [0.15, 0.2) is 0 Å². The van der Waals surface area contributed by atoms with E-state index in [1.807, 2.05) is 37.3 Å². The maximum Gasteiger partial charge on any atom is 0.246 e. The van der Waals surface area contributed by atoms with E-state index in [-0.39, 0.29) is 24.1 Å². The van der Waals surface area contributed by atoms with Crippen LogP contribution in [0.1, 0.15) is 54.1 Å². The van der Waals surface area contributed by atoms with Gasteiger partial charge in [-0.05, 0) is 38.8 Å². The third-order valence-electron chi connectivity index (χ3n) is 6.36. The number of rotatable bonds is 7. The first-order valence-electron chi connectivity index (χ1n) is 11.5. The summed E-state index contributed by atoms with van der Waals surface area (Å²) in [6, 6.07) is 12.4. The fourth-order valence-electron chi connectivity index (χ4n) is 4.64. The van der Waals surface area contributed by atoms with Crippen molar-refractivity contribution >= 4 is 10.0 Å². The van der Waals surface area contributed by atoms with Gasteiger partial charge in [0.25, 0.3) is 0 Å². The minimum Gasteiger partial charge on any atom is -0.460 e. The Labute approximate surface area is 199 Å². The molecule has 0 spiro atoms. The monoisotopic (exact) mass is 485 g/mol. The van der Waals surface area contributed by atoms with Crippen LogP contribution in [0.25, 0.3) is 0 Å². The van der Waals surface area contributed by atoms with Crippen molar-refractivity contribution in [1.82, 2.24) is 14.1 Å². The molecule has 1 unspecified atom stereocenters. The first-order chi connectivity index (χ1) is 16.3. The van der Waals surface area contributed by atoms with Crippen molar-refractivity contribution in [2.45, 2.75) is 64.0 Å². The summed E-state index contributed by atoms with van der Waals surface area (Å²) in [5.74, 6) is 0.144. The van der Waals surface area contributed by atoms with Crippen LogP contribution >= 0.6 is 0 Å². The molecule has 1 fully saturated rings. The summed E-state index contributed by atoms with van der Waals surface area (Å²) in [6.07, 6.45) is 1.17. The predicted octanol–water partition coefficient (Wildman–Crippen LogP) is 4.47. The maximum atomic E-state index is 14.5. The Morgan fingerprint density at radius 3 is 2.59 bits per heavy atom. The van der Waals surface area contributed by atoms with Gasteiger partial charge in [0, 0.05) is 29.3 Å². The van der Waals surface area contributed by atoms with Gasteiger partial charge in [-0.25, -0.2) is 12.8 Å². The number of fused-ring (bicyclic) bond motifs is 1. The number of halogens is 1. The number of sulfonamides is 1. The Bertz CT molecular complexity index is 1320. The standard InChI is InChI=1S/C25H28FN3O4S/c1-4-29(22-10-11-22)34(30,31)24-16(2)27-28(17(24)3)14-19-12-21(26)13-20-15-32-25(33-23(19)20)18-8-6-5-7-9-18/h5-9,12-13,22,25H,4,10-11,14-15H2,1-3H3. The van der Waals surface area contributed by atoms with Crippen LogP contribution in [0.5, 0.6) is 5.75 Å². The quantitative estimate of drug-likeness (QED) is 0.494. The lowest BCUT2D eigenvalue weighted by Crippen LogP contribution is -2.33. The summed E-state index contributed by atoms with van der Waals surface area (Å²) in [6.45, 7) is 6.11. The average Bonchev–Trinajstić information content (AvgIpc) is 3.59. The fraction of sp³-hybridized carbons (Fsp3) is 0.400. The second kappa shape index (κ2) is 8.79. The van der Waals surface area contributed by atoms with Crippen molar-refractivity contribution in [3.05, 3.63) is 76.4 Å². The van der Waals surface area contributed by atoms with E-state index in [2.05, 4.69) is 5.10 Å². The molecular weight excluding hydrogens is 457 g/mol. The molecule has 9 heteroatoms. The molecule has 0 bridgehead atoms. The van der Waals surface area contributed by atoms with Gasteiger partial charge in [0.2, 0.25) is 16.3 Å². The van der Waals surface area contributed by atoms with Gasteiger partial charge in [-0.1, -0.05) is 37.3 Å². The number of hydrogen-bond acceptors (Lipinski definition) is 5. The van der Waals surface area contributed by atoms with Crippen molar-refractivity contribution in [2.24, 2.45) is 0 Å². The molecule has 1 saturated carbocycles. The van der Waals surface area contributed by atoms with Gasteiger partial charge in [-0.15, -0.1) is 0 Å². The zero-order valence-corrected chi connectivity index (χ0v) is 20.3. The Morgan fingerprint density at radius 1 is 1.18 bits per heavy atom. The molecule has 2 heterocycles. The van der Waals surface area contributed by atoms with E-state index in [0.29, 0.717) is 34.8 Å². The highest BCUT2D eigenvalue weighted by molar-refractivity contribution is 7.89. The molecule has 180 valence electrons. The second-order valence-electron chi connectivity index (χ2n) is 8.82. The molecular formula is C25H28FN3O4S. The largest absolute Gasteiger partial charge is 0.460 e. The Hall–Kier alpha value is -2.75. The summed E-state index contributed by atoms with van der Waals surface area (Å²) >= 11 is 0. The van der Waals surface area contributed by atoms with Crippen LogP contribution in [0.4, 0.5) is 4.39 Å². The van der Waals surface area contributed by atoms with E-state index < -0.39 is 22.1 Å². The molecule has 0 amide bonds. The number of nitrogens with zero attached hydrogens (tertiary/aromatic N) is 3.